The molecule has 3 heterocycles. The average Bonchev–Trinajstić information content (AvgIpc) is 3.29. The Bertz CT molecular complexity index is 836. The van der Waals surface area contributed by atoms with E-state index in [1.165, 1.54) is 0 Å². The molecule has 1 aromatic carbocycles. The quantitative estimate of drug-likeness (QED) is 0.797. The zero-order valence-electron chi connectivity index (χ0n) is 12.9. The minimum absolute atomic E-state index is 0.108. The summed E-state index contributed by atoms with van der Waals surface area (Å²) in [5, 5.41) is 7.08. The van der Waals surface area contributed by atoms with Gasteiger partial charge in [-0.1, -0.05) is 18.2 Å². The van der Waals surface area contributed by atoms with Crippen molar-refractivity contribution in [3.63, 3.8) is 0 Å². The predicted octanol–water partition coefficient (Wildman–Crippen LogP) is 1.89. The molecule has 1 N–H and O–H groups in total. The first-order chi connectivity index (χ1) is 11.8. The number of para-hydroxylation sites is 1. The highest BCUT2D eigenvalue weighted by atomic mass is 16.5. The third-order valence-electron chi connectivity index (χ3n) is 3.96. The maximum atomic E-state index is 12.3. The Balaban J connectivity index is 1.39. The number of amides is 1. The monoisotopic (exact) mass is 320 g/mol. The summed E-state index contributed by atoms with van der Waals surface area (Å²) in [7, 11) is 0. The van der Waals surface area contributed by atoms with Gasteiger partial charge in [0.05, 0.1) is 0 Å². The number of benzene rings is 1. The first-order valence-electron chi connectivity index (χ1n) is 7.77. The van der Waals surface area contributed by atoms with E-state index in [1.807, 2.05) is 48.7 Å². The highest BCUT2D eigenvalue weighted by molar-refractivity contribution is 5.82. The van der Waals surface area contributed by atoms with E-state index in [1.54, 1.807) is 17.1 Å². The molecule has 6 heteroatoms. The van der Waals surface area contributed by atoms with Gasteiger partial charge in [0.2, 0.25) is 0 Å². The molecule has 2 aromatic heterocycles. The Morgan fingerprint density at radius 2 is 2.17 bits per heavy atom. The van der Waals surface area contributed by atoms with Crippen LogP contribution in [0.3, 0.4) is 0 Å². The van der Waals surface area contributed by atoms with Crippen LogP contribution in [-0.4, -0.2) is 26.8 Å². The molecule has 3 aromatic rings. The van der Waals surface area contributed by atoms with Gasteiger partial charge in [0, 0.05) is 31.6 Å². The molecule has 0 spiro atoms. The summed E-state index contributed by atoms with van der Waals surface area (Å²) >= 11 is 0. The lowest BCUT2D eigenvalue weighted by atomic mass is 10.1. The van der Waals surface area contributed by atoms with E-state index >= 15 is 0 Å². The van der Waals surface area contributed by atoms with Crippen molar-refractivity contribution >= 4 is 5.91 Å². The number of carbonyl (C=O) groups excluding carboxylic acids is 1. The van der Waals surface area contributed by atoms with Crippen LogP contribution in [0, 0.1) is 0 Å². The van der Waals surface area contributed by atoms with Gasteiger partial charge >= 0.3 is 0 Å². The third kappa shape index (κ3) is 2.86. The van der Waals surface area contributed by atoms with Crippen LogP contribution >= 0.6 is 0 Å². The highest BCUT2D eigenvalue weighted by Gasteiger charge is 2.28. The summed E-state index contributed by atoms with van der Waals surface area (Å²) in [4.78, 5) is 16.6. The molecule has 120 valence electrons. The van der Waals surface area contributed by atoms with Gasteiger partial charge in [0.25, 0.3) is 5.91 Å². The van der Waals surface area contributed by atoms with Crippen LogP contribution < -0.4 is 10.1 Å². The van der Waals surface area contributed by atoms with Gasteiger partial charge in [0.1, 0.15) is 5.75 Å². The van der Waals surface area contributed by atoms with E-state index in [0.717, 1.165) is 22.7 Å². The second-order valence-corrected chi connectivity index (χ2v) is 5.61. The molecule has 1 atom stereocenters. The molecule has 1 aliphatic heterocycles. The molecule has 0 unspecified atom stereocenters. The van der Waals surface area contributed by atoms with Crippen molar-refractivity contribution in [2.24, 2.45) is 0 Å². The van der Waals surface area contributed by atoms with E-state index in [9.17, 15) is 4.79 Å². The number of hydrogen-bond donors (Lipinski definition) is 1. The third-order valence-corrected chi connectivity index (χ3v) is 3.96. The van der Waals surface area contributed by atoms with Crippen molar-refractivity contribution in [3.8, 4) is 11.6 Å². The number of fused-ring (bicyclic) bond motifs is 1. The maximum Gasteiger partial charge on any atom is 0.261 e. The topological polar surface area (TPSA) is 69.0 Å². The molecular weight excluding hydrogens is 304 g/mol. The van der Waals surface area contributed by atoms with E-state index < -0.39 is 6.10 Å². The lowest BCUT2D eigenvalue weighted by molar-refractivity contribution is -0.127. The van der Waals surface area contributed by atoms with Crippen LogP contribution in [0.5, 0.6) is 5.75 Å². The summed E-state index contributed by atoms with van der Waals surface area (Å²) in [5.74, 6) is 1.41. The minimum atomic E-state index is -0.463. The van der Waals surface area contributed by atoms with E-state index in [4.69, 9.17) is 4.74 Å². The zero-order chi connectivity index (χ0) is 16.4. The molecule has 0 bridgehead atoms. The largest absolute Gasteiger partial charge is 0.480 e. The molecule has 0 aliphatic carbocycles. The molecule has 0 radical (unpaired) electrons. The summed E-state index contributed by atoms with van der Waals surface area (Å²) < 4.78 is 7.38. The summed E-state index contributed by atoms with van der Waals surface area (Å²) in [5.41, 5.74) is 2.03. The van der Waals surface area contributed by atoms with Crippen LogP contribution in [0.15, 0.2) is 61.1 Å². The second-order valence-electron chi connectivity index (χ2n) is 5.61. The van der Waals surface area contributed by atoms with Crippen LogP contribution in [0.2, 0.25) is 0 Å². The Labute approximate surface area is 139 Å². The smallest absolute Gasteiger partial charge is 0.261 e. The Hall–Kier alpha value is -3.15. The lowest BCUT2D eigenvalue weighted by Crippen LogP contribution is -2.37. The Morgan fingerprint density at radius 3 is 3.00 bits per heavy atom. The van der Waals surface area contributed by atoms with E-state index in [2.05, 4.69) is 15.4 Å². The molecule has 4 rings (SSSR count). The number of rotatable bonds is 4. The van der Waals surface area contributed by atoms with Gasteiger partial charge in [-0.25, -0.2) is 9.67 Å². The summed E-state index contributed by atoms with van der Waals surface area (Å²) in [6, 6.07) is 13.4. The zero-order valence-corrected chi connectivity index (χ0v) is 12.9. The maximum absolute atomic E-state index is 12.3. The van der Waals surface area contributed by atoms with Gasteiger partial charge in [-0.05, 0) is 35.4 Å². The van der Waals surface area contributed by atoms with Gasteiger partial charge in [-0.3, -0.25) is 4.79 Å². The first-order valence-corrected chi connectivity index (χ1v) is 7.77. The van der Waals surface area contributed by atoms with Crippen LogP contribution in [0.4, 0.5) is 0 Å². The standard InChI is InChI=1S/C18H16N4O2/c23-18(16-11-14-4-1-2-5-15(14)24-16)20-12-13-6-8-19-17(10-13)22-9-3-7-21-22/h1-10,16H,11-12H2,(H,20,23)/t16-/m0/s1. The SMILES string of the molecule is O=C(NCc1ccnc(-n2cccn2)c1)[C@@H]1Cc2ccccc2O1. The van der Waals surface area contributed by atoms with Crippen LogP contribution in [-0.2, 0) is 17.8 Å². The number of aromatic nitrogens is 3. The van der Waals surface area contributed by atoms with Crippen molar-refractivity contribution < 1.29 is 9.53 Å². The fraction of sp³-hybridized carbons (Fsp3) is 0.167. The van der Waals surface area contributed by atoms with Gasteiger partial charge in [0.15, 0.2) is 11.9 Å². The predicted molar refractivity (Wildman–Crippen MR) is 87.8 cm³/mol. The normalized spacial score (nSPS) is 15.6. The molecule has 0 saturated carbocycles. The van der Waals surface area contributed by atoms with Gasteiger partial charge in [-0.2, -0.15) is 5.10 Å². The Kier molecular flexibility index (Phi) is 3.70. The Morgan fingerprint density at radius 1 is 1.25 bits per heavy atom. The van der Waals surface area contributed by atoms with Crippen molar-refractivity contribution in [1.29, 1.82) is 0 Å². The molecule has 1 amide bonds. The number of carbonyl (C=O) groups is 1. The molecule has 24 heavy (non-hydrogen) atoms. The molecular formula is C18H16N4O2. The van der Waals surface area contributed by atoms with Crippen LogP contribution in [0.1, 0.15) is 11.1 Å². The van der Waals surface area contributed by atoms with Gasteiger partial charge < -0.3 is 10.1 Å². The molecule has 6 nitrogen and oxygen atoms in total. The van der Waals surface area contributed by atoms with Crippen LogP contribution in [0.25, 0.3) is 5.82 Å². The van der Waals surface area contributed by atoms with Crippen molar-refractivity contribution in [2.45, 2.75) is 19.1 Å². The van der Waals surface area contributed by atoms with Gasteiger partial charge in [-0.15, -0.1) is 0 Å². The van der Waals surface area contributed by atoms with E-state index in [0.29, 0.717) is 13.0 Å². The van der Waals surface area contributed by atoms with Crippen molar-refractivity contribution in [3.05, 3.63) is 72.2 Å². The average molecular weight is 320 g/mol. The number of nitrogens with one attached hydrogen (secondary N) is 1. The van der Waals surface area contributed by atoms with Crippen molar-refractivity contribution in [1.82, 2.24) is 20.1 Å². The summed E-state index contributed by atoms with van der Waals surface area (Å²) in [6.07, 6.45) is 5.38. The number of hydrogen-bond acceptors (Lipinski definition) is 4. The fourth-order valence-electron chi connectivity index (χ4n) is 2.73. The molecule has 0 fully saturated rings. The highest BCUT2D eigenvalue weighted by Crippen LogP contribution is 2.28. The number of nitrogens with zero attached hydrogens (tertiary/aromatic N) is 3. The fourth-order valence-corrected chi connectivity index (χ4v) is 2.73. The summed E-state index contributed by atoms with van der Waals surface area (Å²) in [6.45, 7) is 0.422. The lowest BCUT2D eigenvalue weighted by Gasteiger charge is -2.11. The molecule has 0 saturated heterocycles. The van der Waals surface area contributed by atoms with E-state index in [-0.39, 0.29) is 5.91 Å². The number of pyridine rings is 1. The second kappa shape index (κ2) is 6.16. The first kappa shape index (κ1) is 14.4. The van der Waals surface area contributed by atoms with Crippen molar-refractivity contribution in [2.75, 3.05) is 0 Å². The number of ether oxygens (including phenoxy) is 1. The minimum Gasteiger partial charge on any atom is -0.480 e. The molecule has 1 aliphatic rings.